The highest BCUT2D eigenvalue weighted by Gasteiger charge is 2.09. The van der Waals surface area contributed by atoms with Crippen LogP contribution in [0.15, 0.2) is 22.7 Å². The molecule has 0 unspecified atom stereocenters. The molecule has 0 amide bonds. The molecule has 0 heterocycles. The lowest BCUT2D eigenvalue weighted by atomic mass is 10.2. The van der Waals surface area contributed by atoms with Gasteiger partial charge in [-0.05, 0) is 34.1 Å². The molecule has 0 saturated carbocycles. The normalized spacial score (nSPS) is 10.2. The van der Waals surface area contributed by atoms with Gasteiger partial charge in [0.25, 0.3) is 0 Å². The van der Waals surface area contributed by atoms with E-state index < -0.39 is 5.97 Å². The summed E-state index contributed by atoms with van der Waals surface area (Å²) < 4.78 is 5.56. The van der Waals surface area contributed by atoms with Crippen LogP contribution >= 0.6 is 15.9 Å². The second-order valence-corrected chi connectivity index (χ2v) is 4.24. The average Bonchev–Trinajstić information content (AvgIpc) is 2.25. The molecule has 16 heavy (non-hydrogen) atoms. The zero-order valence-corrected chi connectivity index (χ0v) is 10.8. The van der Waals surface area contributed by atoms with E-state index >= 15 is 0 Å². The molecular weight excluding hydrogens is 274 g/mol. The number of carbonyl (C=O) groups is 1. The van der Waals surface area contributed by atoms with Crippen LogP contribution in [-0.4, -0.2) is 38.4 Å². The third-order valence-electron chi connectivity index (χ3n) is 2.25. The minimum atomic E-state index is -0.932. The Bertz CT molecular complexity index is 381. The van der Waals surface area contributed by atoms with Crippen molar-refractivity contribution in [2.75, 3.05) is 32.2 Å². The van der Waals surface area contributed by atoms with Crippen LogP contribution in [0, 0.1) is 0 Å². The first-order valence-corrected chi connectivity index (χ1v) is 5.58. The Hall–Kier alpha value is -1.07. The van der Waals surface area contributed by atoms with Crippen molar-refractivity contribution in [1.82, 2.24) is 0 Å². The van der Waals surface area contributed by atoms with Gasteiger partial charge in [0.2, 0.25) is 0 Å². The number of benzene rings is 1. The lowest BCUT2D eigenvalue weighted by molar-refractivity contribution is 0.0696. The van der Waals surface area contributed by atoms with Gasteiger partial charge in [-0.1, -0.05) is 0 Å². The first kappa shape index (κ1) is 13.0. The standard InChI is InChI=1S/C11H14BrNO3/c1-13(5-6-16-2)8-3-4-9(11(14)15)10(12)7-8/h3-4,7H,5-6H2,1-2H3,(H,14,15). The van der Waals surface area contributed by atoms with Crippen molar-refractivity contribution in [3.8, 4) is 0 Å². The third-order valence-corrected chi connectivity index (χ3v) is 2.91. The van der Waals surface area contributed by atoms with Gasteiger partial charge in [0.1, 0.15) is 0 Å². The van der Waals surface area contributed by atoms with Gasteiger partial charge < -0.3 is 14.7 Å². The molecule has 1 aromatic rings. The summed E-state index contributed by atoms with van der Waals surface area (Å²) in [5.41, 5.74) is 1.22. The Kier molecular flexibility index (Phi) is 4.76. The lowest BCUT2D eigenvalue weighted by Gasteiger charge is -2.19. The Balaban J connectivity index is 2.84. The number of hydrogen-bond acceptors (Lipinski definition) is 3. The highest BCUT2D eigenvalue weighted by molar-refractivity contribution is 9.10. The number of methoxy groups -OCH3 is 1. The number of hydrogen-bond donors (Lipinski definition) is 1. The summed E-state index contributed by atoms with van der Waals surface area (Å²) in [4.78, 5) is 12.8. The van der Waals surface area contributed by atoms with Crippen LogP contribution in [0.2, 0.25) is 0 Å². The molecule has 1 rings (SSSR count). The van der Waals surface area contributed by atoms with Gasteiger partial charge in [-0.25, -0.2) is 4.79 Å². The Labute approximate surface area is 103 Å². The highest BCUT2D eigenvalue weighted by atomic mass is 79.9. The molecule has 0 radical (unpaired) electrons. The monoisotopic (exact) mass is 287 g/mol. The van der Waals surface area contributed by atoms with Gasteiger partial charge >= 0.3 is 5.97 Å². The van der Waals surface area contributed by atoms with Crippen LogP contribution in [0.1, 0.15) is 10.4 Å². The van der Waals surface area contributed by atoms with Crippen molar-refractivity contribution in [1.29, 1.82) is 0 Å². The van der Waals surface area contributed by atoms with Crippen molar-refractivity contribution >= 4 is 27.6 Å². The summed E-state index contributed by atoms with van der Waals surface area (Å²) in [5, 5.41) is 8.87. The van der Waals surface area contributed by atoms with Gasteiger partial charge in [0.15, 0.2) is 0 Å². The van der Waals surface area contributed by atoms with E-state index in [2.05, 4.69) is 15.9 Å². The number of halogens is 1. The molecule has 0 bridgehead atoms. The van der Waals surface area contributed by atoms with Crippen molar-refractivity contribution in [3.05, 3.63) is 28.2 Å². The quantitative estimate of drug-likeness (QED) is 0.902. The Morgan fingerprint density at radius 1 is 1.56 bits per heavy atom. The fourth-order valence-corrected chi connectivity index (χ4v) is 1.81. The molecule has 4 nitrogen and oxygen atoms in total. The molecule has 1 aromatic carbocycles. The first-order chi connectivity index (χ1) is 7.56. The fourth-order valence-electron chi connectivity index (χ4n) is 1.27. The van der Waals surface area contributed by atoms with Gasteiger partial charge in [0.05, 0.1) is 12.2 Å². The molecule has 0 fully saturated rings. The third kappa shape index (κ3) is 3.21. The molecule has 0 spiro atoms. The lowest BCUT2D eigenvalue weighted by Crippen LogP contribution is -2.22. The SMILES string of the molecule is COCCN(C)c1ccc(C(=O)O)c(Br)c1. The summed E-state index contributed by atoms with van der Waals surface area (Å²) in [6.45, 7) is 1.39. The van der Waals surface area contributed by atoms with E-state index in [0.717, 1.165) is 12.2 Å². The molecule has 0 aliphatic carbocycles. The van der Waals surface area contributed by atoms with Gasteiger partial charge in [-0.15, -0.1) is 0 Å². The number of ether oxygens (including phenoxy) is 1. The predicted octanol–water partition coefficient (Wildman–Crippen LogP) is 2.23. The first-order valence-electron chi connectivity index (χ1n) is 4.79. The minimum Gasteiger partial charge on any atom is -0.478 e. The van der Waals surface area contributed by atoms with E-state index in [-0.39, 0.29) is 5.56 Å². The minimum absolute atomic E-state index is 0.267. The maximum atomic E-state index is 10.8. The van der Waals surface area contributed by atoms with Crippen molar-refractivity contribution in [3.63, 3.8) is 0 Å². The summed E-state index contributed by atoms with van der Waals surface area (Å²) in [6.07, 6.45) is 0. The molecule has 5 heteroatoms. The van der Waals surface area contributed by atoms with Crippen LogP contribution in [0.4, 0.5) is 5.69 Å². The highest BCUT2D eigenvalue weighted by Crippen LogP contribution is 2.23. The molecule has 0 aromatic heterocycles. The number of likely N-dealkylation sites (N-methyl/N-ethyl adjacent to an activating group) is 1. The zero-order valence-electron chi connectivity index (χ0n) is 9.24. The number of nitrogens with zero attached hydrogens (tertiary/aromatic N) is 1. The number of aromatic carboxylic acids is 1. The number of anilines is 1. The van der Waals surface area contributed by atoms with E-state index in [4.69, 9.17) is 9.84 Å². The van der Waals surface area contributed by atoms with Crippen LogP contribution in [0.5, 0.6) is 0 Å². The van der Waals surface area contributed by atoms with E-state index in [1.54, 1.807) is 25.3 Å². The second kappa shape index (κ2) is 5.86. The van der Waals surface area contributed by atoms with E-state index in [9.17, 15) is 4.79 Å². The molecular formula is C11H14BrNO3. The smallest absolute Gasteiger partial charge is 0.336 e. The Morgan fingerprint density at radius 3 is 2.75 bits per heavy atom. The largest absolute Gasteiger partial charge is 0.478 e. The van der Waals surface area contributed by atoms with Gasteiger partial charge in [-0.2, -0.15) is 0 Å². The number of rotatable bonds is 5. The molecule has 0 aliphatic rings. The maximum Gasteiger partial charge on any atom is 0.336 e. The van der Waals surface area contributed by atoms with Gasteiger partial charge in [0, 0.05) is 30.9 Å². The molecule has 88 valence electrons. The summed E-state index contributed by atoms with van der Waals surface area (Å²) in [7, 11) is 3.58. The van der Waals surface area contributed by atoms with Crippen LogP contribution < -0.4 is 4.90 Å². The fraction of sp³-hybridized carbons (Fsp3) is 0.364. The van der Waals surface area contributed by atoms with Crippen molar-refractivity contribution in [2.45, 2.75) is 0 Å². The number of carboxylic acid groups (broad SMARTS) is 1. The van der Waals surface area contributed by atoms with Crippen molar-refractivity contribution in [2.24, 2.45) is 0 Å². The number of carboxylic acids is 1. The van der Waals surface area contributed by atoms with E-state index in [1.807, 2.05) is 11.9 Å². The molecule has 0 aliphatic heterocycles. The predicted molar refractivity (Wildman–Crippen MR) is 66.2 cm³/mol. The zero-order chi connectivity index (χ0) is 12.1. The topological polar surface area (TPSA) is 49.8 Å². The van der Waals surface area contributed by atoms with Crippen LogP contribution in [0.3, 0.4) is 0 Å². The van der Waals surface area contributed by atoms with Crippen LogP contribution in [0.25, 0.3) is 0 Å². The summed E-state index contributed by atoms with van der Waals surface area (Å²) in [6, 6.07) is 5.16. The Morgan fingerprint density at radius 2 is 2.25 bits per heavy atom. The average molecular weight is 288 g/mol. The maximum absolute atomic E-state index is 10.8. The van der Waals surface area contributed by atoms with E-state index in [1.165, 1.54) is 0 Å². The summed E-state index contributed by atoms with van der Waals surface area (Å²) in [5.74, 6) is -0.932. The summed E-state index contributed by atoms with van der Waals surface area (Å²) >= 11 is 3.25. The van der Waals surface area contributed by atoms with Crippen molar-refractivity contribution < 1.29 is 14.6 Å². The van der Waals surface area contributed by atoms with Crippen LogP contribution in [-0.2, 0) is 4.74 Å². The molecule has 0 atom stereocenters. The van der Waals surface area contributed by atoms with E-state index in [0.29, 0.717) is 11.1 Å². The molecule has 1 N–H and O–H groups in total. The second-order valence-electron chi connectivity index (χ2n) is 3.38. The molecule has 0 saturated heterocycles. The van der Waals surface area contributed by atoms with Gasteiger partial charge in [-0.3, -0.25) is 0 Å².